The van der Waals surface area contributed by atoms with Crippen LogP contribution in [0.25, 0.3) is 33.3 Å². The molecule has 0 aliphatic heterocycles. The summed E-state index contributed by atoms with van der Waals surface area (Å²) in [4.78, 5) is 23.5. The molecule has 2 aromatic carbocycles. The molecule has 4 heteroatoms. The van der Waals surface area contributed by atoms with Crippen molar-refractivity contribution in [2.45, 2.75) is 6.92 Å². The van der Waals surface area contributed by atoms with Gasteiger partial charge in [-0.25, -0.2) is 4.98 Å². The largest absolute Gasteiger partial charge is 0.313 e. The van der Waals surface area contributed by atoms with Crippen LogP contribution in [0.3, 0.4) is 0 Å². The van der Waals surface area contributed by atoms with Gasteiger partial charge in [0.1, 0.15) is 0 Å². The van der Waals surface area contributed by atoms with E-state index in [9.17, 15) is 4.79 Å². The molecule has 0 radical (unpaired) electrons. The minimum atomic E-state index is -0.131. The third-order valence-electron chi connectivity index (χ3n) is 4.04. The van der Waals surface area contributed by atoms with E-state index in [0.717, 1.165) is 28.1 Å². The second-order valence-corrected chi connectivity index (χ2v) is 5.67. The minimum absolute atomic E-state index is 0.131. The first-order valence-corrected chi connectivity index (χ1v) is 7.73. The van der Waals surface area contributed by atoms with Gasteiger partial charge in [-0.2, -0.15) is 0 Å². The quantitative estimate of drug-likeness (QED) is 0.609. The van der Waals surface area contributed by atoms with Crippen molar-refractivity contribution in [3.63, 3.8) is 0 Å². The van der Waals surface area contributed by atoms with E-state index in [-0.39, 0.29) is 5.56 Å². The van der Waals surface area contributed by atoms with Crippen LogP contribution in [0.15, 0.2) is 71.8 Å². The van der Waals surface area contributed by atoms with Crippen LogP contribution in [0.5, 0.6) is 0 Å². The summed E-state index contributed by atoms with van der Waals surface area (Å²) in [5.74, 6) is 0. The van der Waals surface area contributed by atoms with E-state index in [4.69, 9.17) is 0 Å². The lowest BCUT2D eigenvalue weighted by Gasteiger charge is -2.10. The average molecular weight is 313 g/mol. The number of benzene rings is 2. The van der Waals surface area contributed by atoms with Crippen molar-refractivity contribution in [3.8, 4) is 22.4 Å². The third kappa shape index (κ3) is 2.48. The summed E-state index contributed by atoms with van der Waals surface area (Å²) in [6.07, 6.45) is 1.43. The van der Waals surface area contributed by atoms with Gasteiger partial charge in [0, 0.05) is 11.3 Å². The number of H-pyrrole nitrogens is 1. The molecule has 4 rings (SSSR count). The molecule has 0 amide bonds. The Kier molecular flexibility index (Phi) is 3.43. The Hall–Kier alpha value is -3.27. The molecule has 1 N–H and O–H groups in total. The van der Waals surface area contributed by atoms with Gasteiger partial charge in [0.15, 0.2) is 0 Å². The fourth-order valence-electron chi connectivity index (χ4n) is 2.89. The Morgan fingerprint density at radius 3 is 2.58 bits per heavy atom. The van der Waals surface area contributed by atoms with Crippen LogP contribution in [0, 0.1) is 6.92 Å². The summed E-state index contributed by atoms with van der Waals surface area (Å²) in [5, 5.41) is 0.585. The van der Waals surface area contributed by atoms with Gasteiger partial charge in [-0.05, 0) is 42.3 Å². The maximum absolute atomic E-state index is 12.1. The molecule has 2 aromatic heterocycles. The molecule has 116 valence electrons. The van der Waals surface area contributed by atoms with E-state index in [1.165, 1.54) is 6.33 Å². The number of rotatable bonds is 2. The predicted octanol–water partition coefficient (Wildman–Crippen LogP) is 3.96. The number of nitrogens with one attached hydrogen (secondary N) is 1. The summed E-state index contributed by atoms with van der Waals surface area (Å²) in [6.45, 7) is 1.98. The van der Waals surface area contributed by atoms with Crippen LogP contribution in [-0.2, 0) is 0 Å². The highest BCUT2D eigenvalue weighted by atomic mass is 16.1. The number of pyridine rings is 1. The first-order chi connectivity index (χ1) is 11.7. The van der Waals surface area contributed by atoms with Gasteiger partial charge >= 0.3 is 0 Å². The van der Waals surface area contributed by atoms with Gasteiger partial charge in [-0.3, -0.25) is 9.78 Å². The molecule has 2 heterocycles. The molecule has 0 fully saturated rings. The number of nitrogens with zero attached hydrogens (tertiary/aromatic N) is 2. The second-order valence-electron chi connectivity index (χ2n) is 5.67. The maximum atomic E-state index is 12.1. The van der Waals surface area contributed by atoms with E-state index in [2.05, 4.69) is 21.0 Å². The van der Waals surface area contributed by atoms with E-state index < -0.39 is 0 Å². The van der Waals surface area contributed by atoms with Crippen molar-refractivity contribution in [1.29, 1.82) is 0 Å². The lowest BCUT2D eigenvalue weighted by atomic mass is 9.96. The van der Waals surface area contributed by atoms with Crippen LogP contribution in [0.4, 0.5) is 0 Å². The van der Waals surface area contributed by atoms with E-state index >= 15 is 0 Å². The van der Waals surface area contributed by atoms with Gasteiger partial charge in [0.25, 0.3) is 5.56 Å². The van der Waals surface area contributed by atoms with Crippen molar-refractivity contribution < 1.29 is 0 Å². The van der Waals surface area contributed by atoms with Gasteiger partial charge in [-0.15, -0.1) is 0 Å². The molecule has 24 heavy (non-hydrogen) atoms. The normalized spacial score (nSPS) is 10.9. The van der Waals surface area contributed by atoms with Gasteiger partial charge in [0.05, 0.1) is 22.9 Å². The van der Waals surface area contributed by atoms with Crippen molar-refractivity contribution in [2.75, 3.05) is 0 Å². The summed E-state index contributed by atoms with van der Waals surface area (Å²) in [5.41, 5.74) is 5.51. The van der Waals surface area contributed by atoms with Crippen LogP contribution >= 0.6 is 0 Å². The zero-order valence-corrected chi connectivity index (χ0v) is 13.2. The average Bonchev–Trinajstić information content (AvgIpc) is 2.62. The third-order valence-corrected chi connectivity index (χ3v) is 4.04. The number of aromatic nitrogens is 3. The molecular formula is C20H15N3O. The van der Waals surface area contributed by atoms with Gasteiger partial charge in [0.2, 0.25) is 0 Å². The zero-order chi connectivity index (χ0) is 16.5. The molecule has 0 saturated heterocycles. The summed E-state index contributed by atoms with van der Waals surface area (Å²) < 4.78 is 0. The molecule has 0 unspecified atom stereocenters. The highest BCUT2D eigenvalue weighted by Gasteiger charge is 2.10. The molecular weight excluding hydrogens is 298 g/mol. The standard InChI is InChI=1S/C20H15N3O/c1-13-5-4-8-19(23-13)16-7-3-2-6-15(16)14-9-10-18-17(11-14)20(24)22-12-21-18/h2-12H,1H3,(H,21,22,24). The fraction of sp³-hybridized carbons (Fsp3) is 0.0500. The Morgan fingerprint density at radius 1 is 0.917 bits per heavy atom. The van der Waals surface area contributed by atoms with Gasteiger partial charge < -0.3 is 4.98 Å². The SMILES string of the molecule is Cc1cccc(-c2ccccc2-c2ccc3nc[nH]c(=O)c3c2)n1. The van der Waals surface area contributed by atoms with Crippen LogP contribution in [0.1, 0.15) is 5.69 Å². The van der Waals surface area contributed by atoms with Crippen LogP contribution < -0.4 is 5.56 Å². The fourth-order valence-corrected chi connectivity index (χ4v) is 2.89. The Balaban J connectivity index is 1.95. The number of fused-ring (bicyclic) bond motifs is 1. The number of hydrogen-bond acceptors (Lipinski definition) is 3. The molecule has 0 atom stereocenters. The molecule has 0 spiro atoms. The zero-order valence-electron chi connectivity index (χ0n) is 13.2. The molecule has 4 nitrogen and oxygen atoms in total. The first kappa shape index (κ1) is 14.3. The van der Waals surface area contributed by atoms with Crippen LogP contribution in [-0.4, -0.2) is 15.0 Å². The van der Waals surface area contributed by atoms with Gasteiger partial charge in [-0.1, -0.05) is 36.4 Å². The van der Waals surface area contributed by atoms with Crippen molar-refractivity contribution >= 4 is 10.9 Å². The molecule has 0 bridgehead atoms. The van der Waals surface area contributed by atoms with E-state index in [0.29, 0.717) is 10.9 Å². The molecule has 4 aromatic rings. The summed E-state index contributed by atoms with van der Waals surface area (Å²) >= 11 is 0. The molecule has 0 saturated carbocycles. The maximum Gasteiger partial charge on any atom is 0.258 e. The van der Waals surface area contributed by atoms with E-state index in [1.54, 1.807) is 0 Å². The van der Waals surface area contributed by atoms with Crippen molar-refractivity contribution in [2.24, 2.45) is 0 Å². The Bertz CT molecular complexity index is 1100. The smallest absolute Gasteiger partial charge is 0.258 e. The van der Waals surface area contributed by atoms with Crippen LogP contribution in [0.2, 0.25) is 0 Å². The lowest BCUT2D eigenvalue weighted by Crippen LogP contribution is -2.06. The number of hydrogen-bond donors (Lipinski definition) is 1. The number of aromatic amines is 1. The first-order valence-electron chi connectivity index (χ1n) is 7.73. The predicted molar refractivity (Wildman–Crippen MR) is 95.8 cm³/mol. The lowest BCUT2D eigenvalue weighted by molar-refractivity contribution is 1.17. The second kappa shape index (κ2) is 5.74. The van der Waals surface area contributed by atoms with Crippen molar-refractivity contribution in [1.82, 2.24) is 15.0 Å². The molecule has 0 aliphatic rings. The molecule has 0 aliphatic carbocycles. The summed E-state index contributed by atoms with van der Waals surface area (Å²) in [6, 6.07) is 19.8. The minimum Gasteiger partial charge on any atom is -0.313 e. The highest BCUT2D eigenvalue weighted by molar-refractivity contribution is 5.88. The van der Waals surface area contributed by atoms with Crippen molar-refractivity contribution in [3.05, 3.63) is 83.0 Å². The highest BCUT2D eigenvalue weighted by Crippen LogP contribution is 2.31. The number of aryl methyl sites for hydroxylation is 1. The monoisotopic (exact) mass is 313 g/mol. The van der Waals surface area contributed by atoms with E-state index in [1.807, 2.05) is 61.5 Å². The topological polar surface area (TPSA) is 58.6 Å². The Morgan fingerprint density at radius 2 is 1.75 bits per heavy atom. The Labute approximate surface area is 138 Å². The summed E-state index contributed by atoms with van der Waals surface area (Å²) in [7, 11) is 0.